The molecule has 1 aromatic rings. The van der Waals surface area contributed by atoms with Gasteiger partial charge in [0.05, 0.1) is 0 Å². The third-order valence-electron chi connectivity index (χ3n) is 2.99. The Morgan fingerprint density at radius 2 is 2.50 bits per heavy atom. The number of ether oxygens (including phenoxy) is 2. The van der Waals surface area contributed by atoms with Crippen molar-refractivity contribution in [2.75, 3.05) is 31.8 Å². The fourth-order valence-corrected chi connectivity index (χ4v) is 3.03. The van der Waals surface area contributed by atoms with Crippen molar-refractivity contribution in [3.05, 3.63) is 23.9 Å². The van der Waals surface area contributed by atoms with Crippen molar-refractivity contribution in [1.29, 1.82) is 0 Å². The molecule has 110 valence electrons. The number of pyridine rings is 1. The van der Waals surface area contributed by atoms with E-state index in [4.69, 9.17) is 9.47 Å². The molecule has 0 aliphatic carbocycles. The maximum Gasteiger partial charge on any atom is 0.256 e. The molecule has 1 fully saturated rings. The van der Waals surface area contributed by atoms with E-state index in [0.717, 1.165) is 24.3 Å². The largest absolute Gasteiger partial charge is 0.473 e. The first-order chi connectivity index (χ1) is 9.81. The second-order valence-corrected chi connectivity index (χ2v) is 5.71. The molecule has 20 heavy (non-hydrogen) atoms. The Morgan fingerprint density at radius 1 is 1.60 bits per heavy atom. The molecular weight excluding hydrogens is 276 g/mol. The predicted octanol–water partition coefficient (Wildman–Crippen LogP) is 1.73. The number of carbonyl (C=O) groups excluding carboxylic acids is 1. The van der Waals surface area contributed by atoms with Gasteiger partial charge in [-0.2, -0.15) is 11.8 Å². The number of rotatable bonds is 7. The quantitative estimate of drug-likeness (QED) is 0.777. The Hall–Kier alpha value is -1.27. The number of aromatic nitrogens is 1. The number of carbonyl (C=O) groups is 1. The lowest BCUT2D eigenvalue weighted by molar-refractivity contribution is 0.0941. The molecule has 0 spiro atoms. The van der Waals surface area contributed by atoms with Gasteiger partial charge < -0.3 is 14.8 Å². The minimum atomic E-state index is -0.144. The van der Waals surface area contributed by atoms with Crippen LogP contribution in [-0.4, -0.2) is 48.8 Å². The van der Waals surface area contributed by atoms with Crippen LogP contribution in [0.5, 0.6) is 5.88 Å². The number of hydrogen-bond donors (Lipinski definition) is 1. The van der Waals surface area contributed by atoms with E-state index in [1.54, 1.807) is 25.4 Å². The van der Waals surface area contributed by atoms with Crippen LogP contribution in [0.15, 0.2) is 18.3 Å². The van der Waals surface area contributed by atoms with Crippen LogP contribution in [-0.2, 0) is 4.74 Å². The van der Waals surface area contributed by atoms with E-state index < -0.39 is 0 Å². The lowest BCUT2D eigenvalue weighted by Gasteiger charge is -2.14. The van der Waals surface area contributed by atoms with E-state index in [1.807, 2.05) is 11.8 Å². The highest BCUT2D eigenvalue weighted by Gasteiger charge is 2.21. The summed E-state index contributed by atoms with van der Waals surface area (Å²) in [5, 5.41) is 2.85. The van der Waals surface area contributed by atoms with Crippen LogP contribution >= 0.6 is 11.8 Å². The number of methoxy groups -OCH3 is 1. The van der Waals surface area contributed by atoms with Crippen LogP contribution in [0.25, 0.3) is 0 Å². The van der Waals surface area contributed by atoms with Gasteiger partial charge in [-0.3, -0.25) is 4.79 Å². The molecule has 0 bridgehead atoms. The van der Waals surface area contributed by atoms with Gasteiger partial charge in [-0.05, 0) is 30.7 Å². The zero-order valence-corrected chi connectivity index (χ0v) is 12.4. The highest BCUT2D eigenvalue weighted by molar-refractivity contribution is 7.99. The predicted molar refractivity (Wildman–Crippen MR) is 79.4 cm³/mol. The maximum absolute atomic E-state index is 12.1. The van der Waals surface area contributed by atoms with Crippen molar-refractivity contribution >= 4 is 17.7 Å². The van der Waals surface area contributed by atoms with Gasteiger partial charge in [-0.1, -0.05) is 0 Å². The number of nitrogens with zero attached hydrogens (tertiary/aromatic N) is 1. The Morgan fingerprint density at radius 3 is 3.25 bits per heavy atom. The van der Waals surface area contributed by atoms with E-state index in [9.17, 15) is 4.79 Å². The molecular formula is C14H20N2O3S. The van der Waals surface area contributed by atoms with Crippen molar-refractivity contribution in [1.82, 2.24) is 10.3 Å². The van der Waals surface area contributed by atoms with Crippen LogP contribution in [0.3, 0.4) is 0 Å². The first kappa shape index (κ1) is 15.1. The van der Waals surface area contributed by atoms with Gasteiger partial charge in [-0.25, -0.2) is 4.98 Å². The van der Waals surface area contributed by atoms with Crippen molar-refractivity contribution in [2.45, 2.75) is 18.9 Å². The van der Waals surface area contributed by atoms with Crippen molar-refractivity contribution in [2.24, 2.45) is 0 Å². The first-order valence-electron chi connectivity index (χ1n) is 6.78. The van der Waals surface area contributed by atoms with Crippen LogP contribution in [0, 0.1) is 0 Å². The van der Waals surface area contributed by atoms with Crippen LogP contribution in [0.4, 0.5) is 0 Å². The Labute approximate surface area is 123 Å². The van der Waals surface area contributed by atoms with E-state index in [2.05, 4.69) is 10.3 Å². The van der Waals surface area contributed by atoms with Crippen LogP contribution < -0.4 is 10.1 Å². The summed E-state index contributed by atoms with van der Waals surface area (Å²) in [6.45, 7) is 1.22. The van der Waals surface area contributed by atoms with E-state index >= 15 is 0 Å². The van der Waals surface area contributed by atoms with Gasteiger partial charge in [-0.15, -0.1) is 0 Å². The summed E-state index contributed by atoms with van der Waals surface area (Å²) in [4.78, 5) is 16.3. The molecule has 1 aliphatic heterocycles. The molecule has 6 heteroatoms. The lowest BCUT2D eigenvalue weighted by Crippen LogP contribution is -2.27. The third-order valence-corrected chi connectivity index (χ3v) is 4.12. The SMILES string of the molecule is COCCCNC(=O)c1cccnc1OC1CCSC1. The molecule has 1 N–H and O–H groups in total. The highest BCUT2D eigenvalue weighted by Crippen LogP contribution is 2.24. The van der Waals surface area contributed by atoms with E-state index in [1.165, 1.54) is 0 Å². The lowest BCUT2D eigenvalue weighted by atomic mass is 10.2. The summed E-state index contributed by atoms with van der Waals surface area (Å²) < 4.78 is 10.8. The average molecular weight is 296 g/mol. The second-order valence-electron chi connectivity index (χ2n) is 4.56. The van der Waals surface area contributed by atoms with Crippen molar-refractivity contribution < 1.29 is 14.3 Å². The van der Waals surface area contributed by atoms with Gasteiger partial charge in [0.1, 0.15) is 11.7 Å². The molecule has 1 saturated heterocycles. The van der Waals surface area contributed by atoms with Crippen molar-refractivity contribution in [3.63, 3.8) is 0 Å². The maximum atomic E-state index is 12.1. The number of nitrogens with one attached hydrogen (secondary N) is 1. The molecule has 1 amide bonds. The summed E-state index contributed by atoms with van der Waals surface area (Å²) in [5.74, 6) is 2.36. The summed E-state index contributed by atoms with van der Waals surface area (Å²) >= 11 is 1.87. The van der Waals surface area contributed by atoms with Gasteiger partial charge >= 0.3 is 0 Å². The zero-order valence-electron chi connectivity index (χ0n) is 11.6. The monoisotopic (exact) mass is 296 g/mol. The van der Waals surface area contributed by atoms with E-state index in [-0.39, 0.29) is 12.0 Å². The molecule has 0 aromatic carbocycles. The Kier molecular flexibility index (Phi) is 6.14. The molecule has 0 saturated carbocycles. The summed E-state index contributed by atoms with van der Waals surface area (Å²) in [6, 6.07) is 3.50. The first-order valence-corrected chi connectivity index (χ1v) is 7.93. The topological polar surface area (TPSA) is 60.5 Å². The molecule has 2 rings (SSSR count). The zero-order chi connectivity index (χ0) is 14.2. The molecule has 1 unspecified atom stereocenters. The Balaban J connectivity index is 1.93. The van der Waals surface area contributed by atoms with Gasteiger partial charge in [0, 0.05) is 32.2 Å². The second kappa shape index (κ2) is 8.11. The molecule has 5 nitrogen and oxygen atoms in total. The molecule has 1 aliphatic rings. The fourth-order valence-electron chi connectivity index (χ4n) is 1.93. The Bertz CT molecular complexity index is 436. The molecule has 0 radical (unpaired) electrons. The number of hydrogen-bond acceptors (Lipinski definition) is 5. The molecule has 1 aromatic heterocycles. The number of amides is 1. The normalized spacial score (nSPS) is 17.9. The standard InChI is InChI=1S/C14H20N2O3S/c1-18-8-3-7-15-13(17)12-4-2-6-16-14(12)19-11-5-9-20-10-11/h2,4,6,11H,3,5,7-10H2,1H3,(H,15,17). The summed E-state index contributed by atoms with van der Waals surface area (Å²) in [5.41, 5.74) is 0.502. The minimum Gasteiger partial charge on any atom is -0.473 e. The molecule has 1 atom stereocenters. The summed E-state index contributed by atoms with van der Waals surface area (Å²) in [6.07, 6.45) is 3.61. The van der Waals surface area contributed by atoms with Crippen LogP contribution in [0.2, 0.25) is 0 Å². The third kappa shape index (κ3) is 4.38. The summed E-state index contributed by atoms with van der Waals surface area (Å²) in [7, 11) is 1.65. The molecule has 2 heterocycles. The van der Waals surface area contributed by atoms with E-state index in [0.29, 0.717) is 24.6 Å². The van der Waals surface area contributed by atoms with Gasteiger partial charge in [0.2, 0.25) is 5.88 Å². The minimum absolute atomic E-state index is 0.144. The smallest absolute Gasteiger partial charge is 0.256 e. The van der Waals surface area contributed by atoms with Crippen LogP contribution in [0.1, 0.15) is 23.2 Å². The van der Waals surface area contributed by atoms with Gasteiger partial charge in [0.15, 0.2) is 0 Å². The average Bonchev–Trinajstić information content (AvgIpc) is 2.97. The number of thioether (sulfide) groups is 1. The highest BCUT2D eigenvalue weighted by atomic mass is 32.2. The van der Waals surface area contributed by atoms with Crippen molar-refractivity contribution in [3.8, 4) is 5.88 Å². The van der Waals surface area contributed by atoms with Gasteiger partial charge in [0.25, 0.3) is 5.91 Å². The fraction of sp³-hybridized carbons (Fsp3) is 0.571.